The molecule has 1 fully saturated rings. The predicted octanol–water partition coefficient (Wildman–Crippen LogP) is -0.972. The molecule has 0 radical (unpaired) electrons. The molecule has 5 heteroatoms. The van der Waals surface area contributed by atoms with E-state index in [1.807, 2.05) is 7.05 Å². The molecule has 1 aliphatic rings. The van der Waals surface area contributed by atoms with Crippen LogP contribution in [0.25, 0.3) is 0 Å². The van der Waals surface area contributed by atoms with Gasteiger partial charge in [0.2, 0.25) is 5.96 Å². The number of aliphatic imine (C=N–C) groups is 1. The Balaban J connectivity index is 2.41. The van der Waals surface area contributed by atoms with E-state index in [-0.39, 0.29) is 0 Å². The van der Waals surface area contributed by atoms with Gasteiger partial charge in [-0.25, -0.2) is 5.43 Å². The molecule has 0 aliphatic carbocycles. The zero-order valence-electron chi connectivity index (χ0n) is 7.63. The van der Waals surface area contributed by atoms with Gasteiger partial charge >= 0.3 is 0 Å². The van der Waals surface area contributed by atoms with Gasteiger partial charge in [0.25, 0.3) is 0 Å². The summed E-state index contributed by atoms with van der Waals surface area (Å²) in [6.45, 7) is 3.37. The normalized spacial score (nSPS) is 19.5. The lowest BCUT2D eigenvalue weighted by Crippen LogP contribution is -2.50. The molecule has 0 bridgehead atoms. The highest BCUT2D eigenvalue weighted by atomic mass is 16.5. The van der Waals surface area contributed by atoms with E-state index in [1.165, 1.54) is 0 Å². The number of hydrogen-bond acceptors (Lipinski definition) is 3. The van der Waals surface area contributed by atoms with Crippen molar-refractivity contribution in [3.63, 3.8) is 0 Å². The van der Waals surface area contributed by atoms with Gasteiger partial charge in [0.1, 0.15) is 0 Å². The van der Waals surface area contributed by atoms with Crippen LogP contribution in [-0.4, -0.2) is 51.3 Å². The molecule has 2 N–H and O–H groups in total. The molecule has 0 aromatic rings. The van der Waals surface area contributed by atoms with E-state index in [4.69, 9.17) is 4.74 Å². The van der Waals surface area contributed by atoms with Gasteiger partial charge in [-0.1, -0.05) is 0 Å². The minimum Gasteiger partial charge on any atom is -0.378 e. The first-order valence-electron chi connectivity index (χ1n) is 4.10. The third kappa shape index (κ3) is 2.35. The average Bonchev–Trinajstić information content (AvgIpc) is 2.15. The number of guanidine groups is 1. The highest BCUT2D eigenvalue weighted by Crippen LogP contribution is 1.96. The molecule has 0 saturated carbocycles. The van der Waals surface area contributed by atoms with Gasteiger partial charge in [0.15, 0.2) is 0 Å². The Bertz CT molecular complexity index is 153. The van der Waals surface area contributed by atoms with Crippen LogP contribution in [-0.2, 0) is 4.74 Å². The van der Waals surface area contributed by atoms with Crippen LogP contribution in [0.1, 0.15) is 0 Å². The van der Waals surface area contributed by atoms with Crippen molar-refractivity contribution in [1.29, 1.82) is 0 Å². The number of rotatable bonds is 1. The quantitative estimate of drug-likeness (QED) is 0.303. The van der Waals surface area contributed by atoms with Crippen LogP contribution in [0.3, 0.4) is 0 Å². The second-order valence-corrected chi connectivity index (χ2v) is 2.52. The second kappa shape index (κ2) is 4.95. The summed E-state index contributed by atoms with van der Waals surface area (Å²) in [6.07, 6.45) is 0. The van der Waals surface area contributed by atoms with Crippen molar-refractivity contribution in [2.75, 3.05) is 40.4 Å². The van der Waals surface area contributed by atoms with E-state index in [0.717, 1.165) is 32.3 Å². The maximum absolute atomic E-state index is 5.23. The van der Waals surface area contributed by atoms with Crippen molar-refractivity contribution in [3.05, 3.63) is 0 Å². The molecular formula is C7H16N4O. The molecule has 5 nitrogen and oxygen atoms in total. The molecule has 0 atom stereocenters. The Hall–Kier alpha value is -0.810. The molecule has 12 heavy (non-hydrogen) atoms. The maximum Gasteiger partial charge on any atom is 0.208 e. The summed E-state index contributed by atoms with van der Waals surface area (Å²) in [4.78, 5) is 6.27. The number of hydrogen-bond donors (Lipinski definition) is 2. The minimum absolute atomic E-state index is 0.782. The predicted molar refractivity (Wildman–Crippen MR) is 47.9 cm³/mol. The fourth-order valence-electron chi connectivity index (χ4n) is 1.16. The lowest BCUT2D eigenvalue weighted by molar-refractivity contribution is 0.0662. The fraction of sp³-hybridized carbons (Fsp3) is 0.857. The third-order valence-electron chi connectivity index (χ3n) is 1.76. The van der Waals surface area contributed by atoms with Gasteiger partial charge in [-0.15, -0.1) is 0 Å². The van der Waals surface area contributed by atoms with Crippen LogP contribution in [0, 0.1) is 0 Å². The molecule has 0 spiro atoms. The highest BCUT2D eigenvalue weighted by molar-refractivity contribution is 5.79. The second-order valence-electron chi connectivity index (χ2n) is 2.52. The van der Waals surface area contributed by atoms with Gasteiger partial charge in [-0.2, -0.15) is 0 Å². The molecule has 1 heterocycles. The van der Waals surface area contributed by atoms with E-state index < -0.39 is 0 Å². The third-order valence-corrected chi connectivity index (χ3v) is 1.76. The molecule has 0 aromatic carbocycles. The van der Waals surface area contributed by atoms with Gasteiger partial charge in [-0.3, -0.25) is 10.4 Å². The van der Waals surface area contributed by atoms with Crippen LogP contribution in [0.4, 0.5) is 0 Å². The Labute approximate surface area is 72.8 Å². The summed E-state index contributed by atoms with van der Waals surface area (Å²) in [5, 5.41) is 0. The summed E-state index contributed by atoms with van der Waals surface area (Å²) >= 11 is 0. The van der Waals surface area contributed by atoms with Crippen molar-refractivity contribution in [2.24, 2.45) is 4.99 Å². The van der Waals surface area contributed by atoms with Gasteiger partial charge in [-0.05, 0) is 0 Å². The summed E-state index contributed by atoms with van der Waals surface area (Å²) in [5.41, 5.74) is 5.83. The Morgan fingerprint density at radius 2 is 2.08 bits per heavy atom. The summed E-state index contributed by atoms with van der Waals surface area (Å²) in [5.74, 6) is 0.876. The summed E-state index contributed by atoms with van der Waals surface area (Å²) in [7, 11) is 3.60. The largest absolute Gasteiger partial charge is 0.378 e. The number of nitrogens with one attached hydrogen (secondary N) is 2. The summed E-state index contributed by atoms with van der Waals surface area (Å²) in [6, 6.07) is 0. The molecular weight excluding hydrogens is 156 g/mol. The number of morpholine rings is 1. The van der Waals surface area contributed by atoms with Crippen molar-refractivity contribution < 1.29 is 4.74 Å². The highest BCUT2D eigenvalue weighted by Gasteiger charge is 2.13. The first kappa shape index (κ1) is 9.28. The summed E-state index contributed by atoms with van der Waals surface area (Å²) < 4.78 is 5.23. The standard InChI is InChI=1S/C7H16N4O/c1-8-7(10-9-2)11-3-5-12-6-4-11/h9H,3-6H2,1-2H3,(H,8,10). The monoisotopic (exact) mass is 172 g/mol. The zero-order chi connectivity index (χ0) is 8.81. The number of nitrogens with zero attached hydrogens (tertiary/aromatic N) is 2. The van der Waals surface area contributed by atoms with Crippen LogP contribution >= 0.6 is 0 Å². The van der Waals surface area contributed by atoms with Gasteiger partial charge in [0.05, 0.1) is 13.2 Å². The topological polar surface area (TPSA) is 48.9 Å². The number of ether oxygens (including phenoxy) is 1. The van der Waals surface area contributed by atoms with Crippen LogP contribution in [0.2, 0.25) is 0 Å². The fourth-order valence-corrected chi connectivity index (χ4v) is 1.16. The number of hydrazine groups is 1. The van der Waals surface area contributed by atoms with Crippen molar-refractivity contribution in [1.82, 2.24) is 15.8 Å². The maximum atomic E-state index is 5.23. The molecule has 0 amide bonds. The molecule has 0 aromatic heterocycles. The SMILES string of the molecule is CN=C(NNC)N1CCOCC1. The first-order chi connectivity index (χ1) is 5.88. The van der Waals surface area contributed by atoms with Crippen molar-refractivity contribution >= 4 is 5.96 Å². The van der Waals surface area contributed by atoms with E-state index >= 15 is 0 Å². The van der Waals surface area contributed by atoms with Gasteiger partial charge < -0.3 is 9.64 Å². The van der Waals surface area contributed by atoms with Crippen LogP contribution < -0.4 is 10.9 Å². The van der Waals surface area contributed by atoms with Crippen LogP contribution in [0.15, 0.2) is 4.99 Å². The Morgan fingerprint density at radius 1 is 1.42 bits per heavy atom. The lowest BCUT2D eigenvalue weighted by Gasteiger charge is -2.29. The molecule has 0 unspecified atom stereocenters. The molecule has 1 rings (SSSR count). The average molecular weight is 172 g/mol. The van der Waals surface area contributed by atoms with E-state index in [1.54, 1.807) is 7.05 Å². The van der Waals surface area contributed by atoms with E-state index in [0.29, 0.717) is 0 Å². The first-order valence-corrected chi connectivity index (χ1v) is 4.10. The van der Waals surface area contributed by atoms with Gasteiger partial charge in [0, 0.05) is 27.2 Å². The van der Waals surface area contributed by atoms with Crippen molar-refractivity contribution in [3.8, 4) is 0 Å². The molecule has 1 saturated heterocycles. The Kier molecular flexibility index (Phi) is 3.83. The van der Waals surface area contributed by atoms with E-state index in [2.05, 4.69) is 20.7 Å². The minimum atomic E-state index is 0.782. The smallest absolute Gasteiger partial charge is 0.208 e. The Morgan fingerprint density at radius 3 is 2.58 bits per heavy atom. The zero-order valence-corrected chi connectivity index (χ0v) is 7.63. The molecule has 1 aliphatic heterocycles. The van der Waals surface area contributed by atoms with Crippen molar-refractivity contribution in [2.45, 2.75) is 0 Å². The van der Waals surface area contributed by atoms with Crippen LogP contribution in [0.5, 0.6) is 0 Å². The molecule has 70 valence electrons. The lowest BCUT2D eigenvalue weighted by atomic mass is 10.4. The van der Waals surface area contributed by atoms with E-state index in [9.17, 15) is 0 Å².